The van der Waals surface area contributed by atoms with E-state index >= 15 is 0 Å². The van der Waals surface area contributed by atoms with Gasteiger partial charge >= 0.3 is 5.97 Å². The minimum absolute atomic E-state index is 0.0733. The van der Waals surface area contributed by atoms with Crippen molar-refractivity contribution in [2.24, 2.45) is 0 Å². The molecule has 6 nitrogen and oxygen atoms in total. The van der Waals surface area contributed by atoms with Gasteiger partial charge in [-0.2, -0.15) is 0 Å². The van der Waals surface area contributed by atoms with Crippen LogP contribution in [0, 0.1) is 0 Å². The maximum Gasteiger partial charge on any atom is 0.338 e. The second-order valence-electron chi connectivity index (χ2n) is 6.08. The predicted molar refractivity (Wildman–Crippen MR) is 97.4 cm³/mol. The summed E-state index contributed by atoms with van der Waals surface area (Å²) >= 11 is 0. The Kier molecular flexibility index (Phi) is 5.84. The summed E-state index contributed by atoms with van der Waals surface area (Å²) in [6.07, 6.45) is 5.90. The fourth-order valence-electron chi connectivity index (χ4n) is 2.97. The van der Waals surface area contributed by atoms with E-state index in [1.165, 1.54) is 0 Å². The Bertz CT molecular complexity index is 787. The summed E-state index contributed by atoms with van der Waals surface area (Å²) in [5.41, 5.74) is 3.24. The number of nitrogens with zero attached hydrogens (tertiary/aromatic N) is 1. The van der Waals surface area contributed by atoms with E-state index in [4.69, 9.17) is 9.47 Å². The van der Waals surface area contributed by atoms with Gasteiger partial charge in [0.2, 0.25) is 0 Å². The Balaban J connectivity index is 1.55. The fraction of sp³-hybridized carbons (Fsp3) is 0.350. The highest BCUT2D eigenvalue weighted by molar-refractivity contribution is 5.93. The van der Waals surface area contributed by atoms with Crippen molar-refractivity contribution >= 4 is 17.6 Å². The number of hydrogen-bond donors (Lipinski definition) is 1. The van der Waals surface area contributed by atoms with Crippen molar-refractivity contribution in [2.75, 3.05) is 18.5 Å². The number of rotatable bonds is 6. The molecule has 0 fully saturated rings. The molecular formula is C20H22N2O4. The first-order valence-corrected chi connectivity index (χ1v) is 8.84. The van der Waals surface area contributed by atoms with Crippen molar-refractivity contribution in [1.29, 1.82) is 0 Å². The van der Waals surface area contributed by atoms with Gasteiger partial charge in [0.25, 0.3) is 5.91 Å². The summed E-state index contributed by atoms with van der Waals surface area (Å²) < 4.78 is 10.6. The molecule has 0 aliphatic heterocycles. The highest BCUT2D eigenvalue weighted by Gasteiger charge is 2.16. The molecule has 0 unspecified atom stereocenters. The van der Waals surface area contributed by atoms with Crippen LogP contribution < -0.4 is 10.1 Å². The number of fused-ring (bicyclic) bond motifs is 1. The minimum atomic E-state index is -0.379. The Labute approximate surface area is 152 Å². The number of benzene rings is 1. The van der Waals surface area contributed by atoms with Crippen LogP contribution in [-0.4, -0.2) is 30.1 Å². The summed E-state index contributed by atoms with van der Waals surface area (Å²) in [5.74, 6) is 0.105. The molecule has 6 heteroatoms. The smallest absolute Gasteiger partial charge is 0.338 e. The monoisotopic (exact) mass is 354 g/mol. The van der Waals surface area contributed by atoms with Gasteiger partial charge in [-0.3, -0.25) is 9.78 Å². The molecule has 0 bridgehead atoms. The topological polar surface area (TPSA) is 77.5 Å². The van der Waals surface area contributed by atoms with Crippen molar-refractivity contribution in [2.45, 2.75) is 32.6 Å². The average Bonchev–Trinajstić information content (AvgIpc) is 2.67. The van der Waals surface area contributed by atoms with Gasteiger partial charge in [0.05, 0.1) is 12.2 Å². The van der Waals surface area contributed by atoms with Crippen LogP contribution in [0.3, 0.4) is 0 Å². The number of anilines is 1. The largest absolute Gasteiger partial charge is 0.483 e. The third kappa shape index (κ3) is 4.39. The van der Waals surface area contributed by atoms with Crippen LogP contribution in [0.4, 0.5) is 5.69 Å². The molecule has 1 aliphatic rings. The van der Waals surface area contributed by atoms with Crippen LogP contribution in [0.5, 0.6) is 5.75 Å². The van der Waals surface area contributed by atoms with E-state index in [1.54, 1.807) is 37.4 Å². The molecule has 0 saturated heterocycles. The fourth-order valence-corrected chi connectivity index (χ4v) is 2.97. The van der Waals surface area contributed by atoms with Gasteiger partial charge in [-0.05, 0) is 62.9 Å². The molecule has 1 aromatic carbocycles. The molecule has 1 heterocycles. The van der Waals surface area contributed by atoms with Crippen molar-refractivity contribution in [1.82, 2.24) is 4.98 Å². The second-order valence-corrected chi connectivity index (χ2v) is 6.08. The van der Waals surface area contributed by atoms with Gasteiger partial charge in [-0.15, -0.1) is 0 Å². The molecule has 26 heavy (non-hydrogen) atoms. The molecule has 1 aliphatic carbocycles. The number of hydrogen-bond acceptors (Lipinski definition) is 5. The van der Waals surface area contributed by atoms with Crippen LogP contribution in [-0.2, 0) is 22.4 Å². The molecule has 0 radical (unpaired) electrons. The zero-order chi connectivity index (χ0) is 18.4. The van der Waals surface area contributed by atoms with Crippen molar-refractivity contribution in [3.8, 4) is 5.75 Å². The molecule has 0 saturated carbocycles. The van der Waals surface area contributed by atoms with E-state index < -0.39 is 0 Å². The number of pyridine rings is 1. The standard InChI is InChI=1S/C20H22N2O4/c1-2-25-20(24)14-7-9-15(10-8-14)22-19(23)13-26-18-11-12-21-17-6-4-3-5-16(17)18/h7-12H,2-6,13H2,1H3,(H,22,23). The summed E-state index contributed by atoms with van der Waals surface area (Å²) in [7, 11) is 0. The SMILES string of the molecule is CCOC(=O)c1ccc(NC(=O)COc2ccnc3c2CCCC3)cc1. The second kappa shape index (κ2) is 8.47. The zero-order valence-corrected chi connectivity index (χ0v) is 14.8. The first kappa shape index (κ1) is 17.9. The molecule has 1 aromatic heterocycles. The van der Waals surface area contributed by atoms with Gasteiger partial charge in [0.15, 0.2) is 6.61 Å². The molecule has 136 valence electrons. The van der Waals surface area contributed by atoms with Gasteiger partial charge < -0.3 is 14.8 Å². The Morgan fingerprint density at radius 1 is 1.12 bits per heavy atom. The highest BCUT2D eigenvalue weighted by Crippen LogP contribution is 2.27. The zero-order valence-electron chi connectivity index (χ0n) is 14.8. The number of ether oxygens (including phenoxy) is 2. The van der Waals surface area contributed by atoms with E-state index in [2.05, 4.69) is 10.3 Å². The third-order valence-corrected chi connectivity index (χ3v) is 4.23. The van der Waals surface area contributed by atoms with Crippen molar-refractivity contribution < 1.29 is 19.1 Å². The predicted octanol–water partition coefficient (Wildman–Crippen LogP) is 3.15. The lowest BCUT2D eigenvalue weighted by molar-refractivity contribution is -0.118. The summed E-state index contributed by atoms with van der Waals surface area (Å²) in [5, 5.41) is 2.76. The number of aryl methyl sites for hydroxylation is 1. The Morgan fingerprint density at radius 3 is 2.65 bits per heavy atom. The number of carbonyl (C=O) groups is 2. The molecule has 3 rings (SSSR count). The van der Waals surface area contributed by atoms with Crippen molar-refractivity contribution in [3.63, 3.8) is 0 Å². The third-order valence-electron chi connectivity index (χ3n) is 4.23. The van der Waals surface area contributed by atoms with Crippen LogP contribution in [0.2, 0.25) is 0 Å². The number of esters is 1. The normalized spacial score (nSPS) is 12.8. The lowest BCUT2D eigenvalue weighted by Crippen LogP contribution is -2.21. The van der Waals surface area contributed by atoms with Crippen molar-refractivity contribution in [3.05, 3.63) is 53.3 Å². The molecule has 1 N–H and O–H groups in total. The first-order chi connectivity index (χ1) is 12.7. The van der Waals surface area contributed by atoms with E-state index in [9.17, 15) is 9.59 Å². The van der Waals surface area contributed by atoms with Crippen LogP contribution in [0.15, 0.2) is 36.5 Å². The average molecular weight is 354 g/mol. The van der Waals surface area contributed by atoms with Gasteiger partial charge in [0.1, 0.15) is 5.75 Å². The van der Waals surface area contributed by atoms with E-state index in [0.29, 0.717) is 17.9 Å². The molecule has 0 spiro atoms. The van der Waals surface area contributed by atoms with Gasteiger partial charge in [-0.1, -0.05) is 0 Å². The van der Waals surface area contributed by atoms with Gasteiger partial charge in [-0.25, -0.2) is 4.79 Å². The summed E-state index contributed by atoms with van der Waals surface area (Å²) in [4.78, 5) is 28.1. The molecule has 1 amide bonds. The van der Waals surface area contributed by atoms with Crippen LogP contribution >= 0.6 is 0 Å². The Hall–Kier alpha value is -2.89. The number of carbonyl (C=O) groups excluding carboxylic acids is 2. The van der Waals surface area contributed by atoms with E-state index in [0.717, 1.165) is 42.7 Å². The Morgan fingerprint density at radius 2 is 1.88 bits per heavy atom. The quantitative estimate of drug-likeness (QED) is 0.806. The van der Waals surface area contributed by atoms with Gasteiger partial charge in [0, 0.05) is 23.1 Å². The van der Waals surface area contributed by atoms with Crippen LogP contribution in [0.25, 0.3) is 0 Å². The minimum Gasteiger partial charge on any atom is -0.483 e. The molecule has 0 atom stereocenters. The molecular weight excluding hydrogens is 332 g/mol. The maximum absolute atomic E-state index is 12.1. The number of aromatic nitrogens is 1. The van der Waals surface area contributed by atoms with Crippen LogP contribution in [0.1, 0.15) is 41.4 Å². The maximum atomic E-state index is 12.1. The summed E-state index contributed by atoms with van der Waals surface area (Å²) in [6.45, 7) is 2.01. The highest BCUT2D eigenvalue weighted by atomic mass is 16.5. The lowest BCUT2D eigenvalue weighted by atomic mass is 9.95. The first-order valence-electron chi connectivity index (χ1n) is 8.84. The lowest BCUT2D eigenvalue weighted by Gasteiger charge is -2.18. The van der Waals surface area contributed by atoms with E-state index in [1.807, 2.05) is 6.07 Å². The van der Waals surface area contributed by atoms with E-state index in [-0.39, 0.29) is 18.5 Å². The number of nitrogens with one attached hydrogen (secondary N) is 1. The molecule has 2 aromatic rings. The number of amides is 1. The summed E-state index contributed by atoms with van der Waals surface area (Å²) in [6, 6.07) is 8.38.